The van der Waals surface area contributed by atoms with E-state index in [1.165, 1.54) is 12.8 Å². The van der Waals surface area contributed by atoms with E-state index >= 15 is 0 Å². The molecule has 0 amide bonds. The second kappa shape index (κ2) is 6.01. The number of imidazole rings is 1. The molecule has 1 aliphatic heterocycles. The molecule has 0 radical (unpaired) electrons. The molecule has 1 fully saturated rings. The van der Waals surface area contributed by atoms with E-state index in [-0.39, 0.29) is 0 Å². The van der Waals surface area contributed by atoms with Crippen molar-refractivity contribution in [1.29, 1.82) is 0 Å². The van der Waals surface area contributed by atoms with Crippen LogP contribution in [0.1, 0.15) is 25.6 Å². The monoisotopic (exact) mass is 223 g/mol. The molecule has 4 heteroatoms. The van der Waals surface area contributed by atoms with Gasteiger partial charge in [0.05, 0.1) is 6.54 Å². The Morgan fingerprint density at radius 2 is 2.31 bits per heavy atom. The molecule has 0 saturated carbocycles. The normalized spacial score (nSPS) is 17.8. The van der Waals surface area contributed by atoms with Crippen LogP contribution in [0.15, 0.2) is 12.4 Å². The maximum absolute atomic E-state index is 5.34. The summed E-state index contributed by atoms with van der Waals surface area (Å²) in [6, 6.07) is 0. The molecule has 90 valence electrons. The van der Waals surface area contributed by atoms with Gasteiger partial charge in [-0.2, -0.15) is 0 Å². The lowest BCUT2D eigenvalue weighted by Gasteiger charge is -2.22. The minimum absolute atomic E-state index is 0.777. The largest absolute Gasteiger partial charge is 0.381 e. The lowest BCUT2D eigenvalue weighted by atomic mass is 10.0. The summed E-state index contributed by atoms with van der Waals surface area (Å²) in [5.41, 5.74) is 0. The zero-order valence-corrected chi connectivity index (χ0v) is 9.98. The molecule has 0 unspecified atom stereocenters. The lowest BCUT2D eigenvalue weighted by Crippen LogP contribution is -2.28. The highest BCUT2D eigenvalue weighted by Crippen LogP contribution is 2.13. The number of nitrogens with one attached hydrogen (secondary N) is 1. The van der Waals surface area contributed by atoms with Crippen molar-refractivity contribution >= 4 is 0 Å². The quantitative estimate of drug-likeness (QED) is 0.820. The molecule has 0 aromatic carbocycles. The van der Waals surface area contributed by atoms with Gasteiger partial charge in [-0.05, 0) is 32.2 Å². The van der Waals surface area contributed by atoms with Crippen molar-refractivity contribution < 1.29 is 4.74 Å². The molecule has 1 aliphatic rings. The summed E-state index contributed by atoms with van der Waals surface area (Å²) in [7, 11) is 0. The van der Waals surface area contributed by atoms with Crippen molar-refractivity contribution in [1.82, 2.24) is 14.9 Å². The molecule has 0 spiro atoms. The predicted molar refractivity (Wildman–Crippen MR) is 63.2 cm³/mol. The average Bonchev–Trinajstić information content (AvgIpc) is 2.78. The standard InChI is InChI=1S/C12H21N3O/c1-2-15-6-5-14-12(15)10-13-9-11-3-7-16-8-4-11/h5-6,11,13H,2-4,7-10H2,1H3. The van der Waals surface area contributed by atoms with Gasteiger partial charge < -0.3 is 14.6 Å². The van der Waals surface area contributed by atoms with Gasteiger partial charge in [0, 0.05) is 32.2 Å². The zero-order valence-electron chi connectivity index (χ0n) is 9.98. The molecule has 16 heavy (non-hydrogen) atoms. The van der Waals surface area contributed by atoms with E-state index in [0.29, 0.717) is 0 Å². The van der Waals surface area contributed by atoms with Crippen LogP contribution in [0.3, 0.4) is 0 Å². The van der Waals surface area contributed by atoms with Crippen molar-refractivity contribution in [3.05, 3.63) is 18.2 Å². The fraction of sp³-hybridized carbons (Fsp3) is 0.750. The number of ether oxygens (including phenoxy) is 1. The lowest BCUT2D eigenvalue weighted by molar-refractivity contribution is 0.0662. The fourth-order valence-corrected chi connectivity index (χ4v) is 2.13. The molecule has 1 N–H and O–H groups in total. The van der Waals surface area contributed by atoms with Crippen LogP contribution in [-0.4, -0.2) is 29.3 Å². The molecule has 0 atom stereocenters. The Morgan fingerprint density at radius 3 is 3.06 bits per heavy atom. The highest BCUT2D eigenvalue weighted by molar-refractivity contribution is 4.91. The highest BCUT2D eigenvalue weighted by Gasteiger charge is 2.13. The predicted octanol–water partition coefficient (Wildman–Crippen LogP) is 1.42. The Kier molecular flexibility index (Phi) is 4.36. The van der Waals surface area contributed by atoms with Gasteiger partial charge in [0.2, 0.25) is 0 Å². The molecule has 1 aromatic rings. The van der Waals surface area contributed by atoms with Crippen LogP contribution < -0.4 is 5.32 Å². The molecule has 0 bridgehead atoms. The summed E-state index contributed by atoms with van der Waals surface area (Å²) in [5.74, 6) is 1.91. The zero-order chi connectivity index (χ0) is 11.2. The number of rotatable bonds is 5. The van der Waals surface area contributed by atoms with Gasteiger partial charge in [-0.25, -0.2) is 4.98 Å². The summed E-state index contributed by atoms with van der Waals surface area (Å²) < 4.78 is 7.52. The Hall–Kier alpha value is -0.870. The summed E-state index contributed by atoms with van der Waals surface area (Å²) in [5, 5.41) is 3.49. The van der Waals surface area contributed by atoms with E-state index in [2.05, 4.69) is 21.8 Å². The molecular weight excluding hydrogens is 202 g/mol. The first kappa shape index (κ1) is 11.6. The average molecular weight is 223 g/mol. The van der Waals surface area contributed by atoms with Gasteiger partial charge in [0.1, 0.15) is 5.82 Å². The third-order valence-corrected chi connectivity index (χ3v) is 3.20. The summed E-state index contributed by atoms with van der Waals surface area (Å²) in [4.78, 5) is 4.35. The SMILES string of the molecule is CCn1ccnc1CNCC1CCOCC1. The van der Waals surface area contributed by atoms with Gasteiger partial charge >= 0.3 is 0 Å². The van der Waals surface area contributed by atoms with Crippen LogP contribution in [0.4, 0.5) is 0 Å². The van der Waals surface area contributed by atoms with E-state index in [9.17, 15) is 0 Å². The molecule has 2 rings (SSSR count). The maximum atomic E-state index is 5.34. The van der Waals surface area contributed by atoms with Crippen LogP contribution >= 0.6 is 0 Å². The first-order chi connectivity index (χ1) is 7.90. The van der Waals surface area contributed by atoms with Crippen molar-refractivity contribution in [3.63, 3.8) is 0 Å². The molecule has 0 aliphatic carbocycles. The summed E-state index contributed by atoms with van der Waals surface area (Å²) in [6.07, 6.45) is 6.28. The van der Waals surface area contributed by atoms with E-state index < -0.39 is 0 Å². The Balaban J connectivity index is 1.71. The number of nitrogens with zero attached hydrogens (tertiary/aromatic N) is 2. The van der Waals surface area contributed by atoms with Gasteiger partial charge in [-0.1, -0.05) is 0 Å². The van der Waals surface area contributed by atoms with Crippen molar-refractivity contribution in [2.45, 2.75) is 32.9 Å². The first-order valence-electron chi connectivity index (χ1n) is 6.18. The van der Waals surface area contributed by atoms with Crippen molar-refractivity contribution in [2.24, 2.45) is 5.92 Å². The number of aryl methyl sites for hydroxylation is 1. The Morgan fingerprint density at radius 1 is 1.50 bits per heavy atom. The van der Waals surface area contributed by atoms with Crippen LogP contribution in [0, 0.1) is 5.92 Å². The van der Waals surface area contributed by atoms with Gasteiger partial charge in [-0.15, -0.1) is 0 Å². The summed E-state index contributed by atoms with van der Waals surface area (Å²) >= 11 is 0. The molecule has 2 heterocycles. The topological polar surface area (TPSA) is 39.1 Å². The first-order valence-corrected chi connectivity index (χ1v) is 6.18. The van der Waals surface area contributed by atoms with Crippen LogP contribution in [0.2, 0.25) is 0 Å². The van der Waals surface area contributed by atoms with Crippen LogP contribution in [-0.2, 0) is 17.8 Å². The number of hydrogen-bond donors (Lipinski definition) is 1. The van der Waals surface area contributed by atoms with E-state index in [4.69, 9.17) is 4.74 Å². The third kappa shape index (κ3) is 3.06. The second-order valence-corrected chi connectivity index (χ2v) is 4.32. The van der Waals surface area contributed by atoms with Crippen molar-refractivity contribution in [3.8, 4) is 0 Å². The number of hydrogen-bond acceptors (Lipinski definition) is 3. The fourth-order valence-electron chi connectivity index (χ4n) is 2.13. The van der Waals surface area contributed by atoms with Gasteiger partial charge in [0.15, 0.2) is 0 Å². The molecular formula is C12H21N3O. The molecule has 4 nitrogen and oxygen atoms in total. The van der Waals surface area contributed by atoms with E-state index in [0.717, 1.165) is 44.6 Å². The van der Waals surface area contributed by atoms with E-state index in [1.807, 2.05) is 12.4 Å². The third-order valence-electron chi connectivity index (χ3n) is 3.20. The van der Waals surface area contributed by atoms with Crippen LogP contribution in [0.25, 0.3) is 0 Å². The molecule has 1 saturated heterocycles. The Labute approximate surface area is 97.0 Å². The maximum Gasteiger partial charge on any atom is 0.122 e. The number of aromatic nitrogens is 2. The van der Waals surface area contributed by atoms with Crippen molar-refractivity contribution in [2.75, 3.05) is 19.8 Å². The Bertz CT molecular complexity index is 305. The second-order valence-electron chi connectivity index (χ2n) is 4.32. The molecule has 1 aromatic heterocycles. The minimum atomic E-state index is 0.777. The highest BCUT2D eigenvalue weighted by atomic mass is 16.5. The smallest absolute Gasteiger partial charge is 0.122 e. The van der Waals surface area contributed by atoms with Gasteiger partial charge in [-0.3, -0.25) is 0 Å². The van der Waals surface area contributed by atoms with Crippen LogP contribution in [0.5, 0.6) is 0 Å². The summed E-state index contributed by atoms with van der Waals surface area (Å²) in [6.45, 7) is 6.95. The van der Waals surface area contributed by atoms with E-state index in [1.54, 1.807) is 0 Å². The van der Waals surface area contributed by atoms with Gasteiger partial charge in [0.25, 0.3) is 0 Å². The minimum Gasteiger partial charge on any atom is -0.381 e.